The van der Waals surface area contributed by atoms with E-state index in [0.717, 1.165) is 25.7 Å². The monoisotopic (exact) mass is 518 g/mol. The van der Waals surface area contributed by atoms with Gasteiger partial charge in [-0.05, 0) is 67.9 Å². The van der Waals surface area contributed by atoms with Crippen LogP contribution >= 0.6 is 7.60 Å². The molecule has 1 N–H and O–H groups in total. The minimum absolute atomic E-state index is 0.0280. The Morgan fingerprint density at radius 3 is 2.00 bits per heavy atom. The maximum absolute atomic E-state index is 12.3. The van der Waals surface area contributed by atoms with Gasteiger partial charge in [0.1, 0.15) is 0 Å². The number of benzene rings is 2. The van der Waals surface area contributed by atoms with Crippen LogP contribution < -0.4 is 0 Å². The van der Waals surface area contributed by atoms with Gasteiger partial charge in [0, 0.05) is 6.16 Å². The number of hydrogen-bond acceptors (Lipinski definition) is 3. The predicted molar refractivity (Wildman–Crippen MR) is 152 cm³/mol. The summed E-state index contributed by atoms with van der Waals surface area (Å²) in [5, 5.41) is 0.129. The van der Waals surface area contributed by atoms with Crippen LogP contribution in [0.5, 0.6) is 0 Å². The zero-order chi connectivity index (χ0) is 26.3. The molecule has 0 aliphatic carbocycles. The largest absolute Gasteiger partial charge is 0.410 e. The molecule has 6 heteroatoms. The van der Waals surface area contributed by atoms with Gasteiger partial charge in [-0.1, -0.05) is 94.6 Å². The lowest BCUT2D eigenvalue weighted by Crippen LogP contribution is -2.41. The first-order chi connectivity index (χ1) is 16.2. The lowest BCUT2D eigenvalue weighted by atomic mass is 9.99. The Hall–Kier alpha value is -1.23. The molecule has 0 amide bonds. The SMILES string of the molecule is CCC(C)OP(=O)(O)CCCCCC(O[Si](C)(C)C(C)(C)C)c1ccc(-c2ccc(C)cc2)cc1. The third-order valence-electron chi connectivity index (χ3n) is 7.24. The van der Waals surface area contributed by atoms with Gasteiger partial charge in [-0.2, -0.15) is 0 Å². The molecular formula is C29H47O4PSi. The minimum atomic E-state index is -3.51. The van der Waals surface area contributed by atoms with E-state index in [1.165, 1.54) is 22.3 Å². The molecule has 35 heavy (non-hydrogen) atoms. The molecule has 2 aromatic rings. The van der Waals surface area contributed by atoms with Crippen LogP contribution in [0.1, 0.15) is 84.0 Å². The summed E-state index contributed by atoms with van der Waals surface area (Å²) in [4.78, 5) is 10.1. The fraction of sp³-hybridized carbons (Fsp3) is 0.586. The highest BCUT2D eigenvalue weighted by Gasteiger charge is 2.39. The third kappa shape index (κ3) is 9.63. The van der Waals surface area contributed by atoms with E-state index < -0.39 is 15.9 Å². The van der Waals surface area contributed by atoms with Gasteiger partial charge in [-0.15, -0.1) is 0 Å². The van der Waals surface area contributed by atoms with Crippen molar-refractivity contribution in [1.82, 2.24) is 0 Å². The van der Waals surface area contributed by atoms with Crippen molar-refractivity contribution in [2.45, 2.75) is 104 Å². The van der Waals surface area contributed by atoms with Crippen molar-refractivity contribution in [3.63, 3.8) is 0 Å². The van der Waals surface area contributed by atoms with Crippen LogP contribution in [0.25, 0.3) is 11.1 Å². The van der Waals surface area contributed by atoms with E-state index in [9.17, 15) is 9.46 Å². The normalized spacial score (nSPS) is 16.0. The molecule has 0 fully saturated rings. The van der Waals surface area contributed by atoms with Crippen molar-refractivity contribution < 1.29 is 18.4 Å². The molecule has 2 aromatic carbocycles. The Kier molecular flexibility index (Phi) is 11.0. The molecule has 0 spiro atoms. The van der Waals surface area contributed by atoms with Crippen molar-refractivity contribution in [3.05, 3.63) is 59.7 Å². The van der Waals surface area contributed by atoms with E-state index >= 15 is 0 Å². The Labute approximate surface area is 215 Å². The molecule has 0 saturated carbocycles. The molecule has 3 atom stereocenters. The van der Waals surface area contributed by atoms with Crippen LogP contribution in [0, 0.1) is 6.92 Å². The molecule has 0 aromatic heterocycles. The van der Waals surface area contributed by atoms with Gasteiger partial charge in [0.05, 0.1) is 12.2 Å². The maximum atomic E-state index is 12.3. The molecule has 0 heterocycles. The molecule has 4 nitrogen and oxygen atoms in total. The number of aryl methyl sites for hydroxylation is 1. The zero-order valence-corrected chi connectivity index (χ0v) is 25.0. The molecular weight excluding hydrogens is 471 g/mol. The van der Waals surface area contributed by atoms with Crippen molar-refractivity contribution >= 4 is 15.9 Å². The van der Waals surface area contributed by atoms with Crippen LogP contribution in [-0.4, -0.2) is 25.5 Å². The molecule has 0 bridgehead atoms. The second-order valence-corrected chi connectivity index (χ2v) is 18.1. The zero-order valence-electron chi connectivity index (χ0n) is 23.1. The van der Waals surface area contributed by atoms with Crippen LogP contribution in [0.3, 0.4) is 0 Å². The summed E-state index contributed by atoms with van der Waals surface area (Å²) in [7, 11) is -5.47. The first-order valence-electron chi connectivity index (χ1n) is 13.1. The summed E-state index contributed by atoms with van der Waals surface area (Å²) < 4.78 is 24.5. The lowest BCUT2D eigenvalue weighted by molar-refractivity contribution is 0.169. The molecule has 2 rings (SSSR count). The van der Waals surface area contributed by atoms with E-state index in [0.29, 0.717) is 6.42 Å². The van der Waals surface area contributed by atoms with Gasteiger partial charge in [-0.3, -0.25) is 4.57 Å². The van der Waals surface area contributed by atoms with Gasteiger partial charge in [0.2, 0.25) is 0 Å². The van der Waals surface area contributed by atoms with Gasteiger partial charge in [0.25, 0.3) is 0 Å². The highest BCUT2D eigenvalue weighted by molar-refractivity contribution is 7.52. The summed E-state index contributed by atoms with van der Waals surface area (Å²) in [6.07, 6.45) is 4.21. The summed E-state index contributed by atoms with van der Waals surface area (Å²) in [6, 6.07) is 17.4. The maximum Gasteiger partial charge on any atom is 0.328 e. The predicted octanol–water partition coefficient (Wildman–Crippen LogP) is 9.29. The van der Waals surface area contributed by atoms with E-state index in [4.69, 9.17) is 8.95 Å². The highest BCUT2D eigenvalue weighted by Crippen LogP contribution is 2.45. The Balaban J connectivity index is 2.07. The Bertz CT molecular complexity index is 948. The van der Waals surface area contributed by atoms with Gasteiger partial charge >= 0.3 is 7.60 Å². The van der Waals surface area contributed by atoms with E-state index in [-0.39, 0.29) is 23.4 Å². The average Bonchev–Trinajstić information content (AvgIpc) is 2.77. The molecule has 3 unspecified atom stereocenters. The number of hydrogen-bond donors (Lipinski definition) is 1. The van der Waals surface area contributed by atoms with Crippen molar-refractivity contribution in [2.75, 3.05) is 6.16 Å². The first-order valence-corrected chi connectivity index (χ1v) is 17.8. The summed E-state index contributed by atoms with van der Waals surface area (Å²) in [6.45, 7) is 17.3. The standard InChI is InChI=1S/C29H47O4PSi/c1-9-24(3)32-34(30,31)22-12-10-11-13-28(33-35(7,8)29(4,5)6)27-20-18-26(19-21-27)25-16-14-23(2)15-17-25/h14-21,24,28H,9-13,22H2,1-8H3,(H,30,31). The molecule has 0 aliphatic rings. The van der Waals surface area contributed by atoms with Crippen LogP contribution in [0.15, 0.2) is 48.5 Å². The summed E-state index contributed by atoms with van der Waals surface area (Å²) >= 11 is 0. The van der Waals surface area contributed by atoms with Gasteiger partial charge in [-0.25, -0.2) is 0 Å². The topological polar surface area (TPSA) is 55.8 Å². The fourth-order valence-corrected chi connectivity index (χ4v) is 6.45. The Morgan fingerprint density at radius 1 is 0.943 bits per heavy atom. The van der Waals surface area contributed by atoms with Crippen LogP contribution in [0.2, 0.25) is 18.1 Å². The smallest absolute Gasteiger partial charge is 0.328 e. The van der Waals surface area contributed by atoms with Gasteiger partial charge < -0.3 is 13.8 Å². The second kappa shape index (κ2) is 12.8. The van der Waals surface area contributed by atoms with Crippen molar-refractivity contribution in [2.24, 2.45) is 0 Å². The van der Waals surface area contributed by atoms with E-state index in [2.05, 4.69) is 89.3 Å². The van der Waals surface area contributed by atoms with E-state index in [1.807, 2.05) is 13.8 Å². The lowest BCUT2D eigenvalue weighted by Gasteiger charge is -2.39. The highest BCUT2D eigenvalue weighted by atomic mass is 31.2. The van der Waals surface area contributed by atoms with Crippen LogP contribution in [-0.2, 0) is 13.5 Å². The summed E-state index contributed by atoms with van der Waals surface area (Å²) in [5.74, 6) is 0. The third-order valence-corrected chi connectivity index (χ3v) is 13.3. The fourth-order valence-electron chi connectivity index (χ4n) is 3.69. The molecule has 0 radical (unpaired) electrons. The molecule has 0 aliphatic heterocycles. The molecule has 196 valence electrons. The first kappa shape index (κ1) is 30.0. The number of rotatable bonds is 13. The second-order valence-electron chi connectivity index (χ2n) is 11.4. The quantitative estimate of drug-likeness (QED) is 0.163. The minimum Gasteiger partial charge on any atom is -0.410 e. The van der Waals surface area contributed by atoms with Gasteiger partial charge in [0.15, 0.2) is 8.32 Å². The summed E-state index contributed by atoms with van der Waals surface area (Å²) in [5.41, 5.74) is 4.90. The van der Waals surface area contributed by atoms with Crippen molar-refractivity contribution in [3.8, 4) is 11.1 Å². The van der Waals surface area contributed by atoms with Crippen LogP contribution in [0.4, 0.5) is 0 Å². The van der Waals surface area contributed by atoms with Crippen molar-refractivity contribution in [1.29, 1.82) is 0 Å². The van der Waals surface area contributed by atoms with E-state index in [1.54, 1.807) is 0 Å². The average molecular weight is 519 g/mol. The number of unbranched alkanes of at least 4 members (excludes halogenated alkanes) is 2. The molecule has 0 saturated heterocycles. The Morgan fingerprint density at radius 2 is 1.49 bits per heavy atom.